The molecule has 0 atom stereocenters. The third-order valence-corrected chi connectivity index (χ3v) is 7.13. The Hall–Kier alpha value is -2.40. The van der Waals surface area contributed by atoms with Crippen LogP contribution in [0.2, 0.25) is 0 Å². The molecule has 4 rings (SSSR count). The SMILES string of the molecule is CC(C)CN(C(=O)C1CCN(C(=O)c2cccc3ccccc23)CC1)C1CCN(C)CC1. The van der Waals surface area contributed by atoms with Crippen LogP contribution in [-0.2, 0) is 4.79 Å². The second-order valence-electron chi connectivity index (χ2n) is 10.0. The number of piperidine rings is 2. The van der Waals surface area contributed by atoms with Crippen LogP contribution in [0, 0.1) is 11.8 Å². The van der Waals surface area contributed by atoms with E-state index >= 15 is 0 Å². The second-order valence-corrected chi connectivity index (χ2v) is 10.0. The highest BCUT2D eigenvalue weighted by atomic mass is 16.2. The number of fused-ring (bicyclic) bond motifs is 1. The van der Waals surface area contributed by atoms with Crippen LogP contribution < -0.4 is 0 Å². The van der Waals surface area contributed by atoms with Crippen LogP contribution in [0.1, 0.15) is 49.9 Å². The van der Waals surface area contributed by atoms with Crippen molar-refractivity contribution in [3.8, 4) is 0 Å². The Morgan fingerprint density at radius 3 is 2.28 bits per heavy atom. The van der Waals surface area contributed by atoms with E-state index in [1.165, 1.54) is 0 Å². The minimum Gasteiger partial charge on any atom is -0.339 e. The van der Waals surface area contributed by atoms with Gasteiger partial charge in [0.2, 0.25) is 5.91 Å². The van der Waals surface area contributed by atoms with E-state index < -0.39 is 0 Å². The summed E-state index contributed by atoms with van der Waals surface area (Å²) < 4.78 is 0. The van der Waals surface area contributed by atoms with Crippen molar-refractivity contribution in [2.75, 3.05) is 39.8 Å². The summed E-state index contributed by atoms with van der Waals surface area (Å²) in [7, 11) is 2.16. The summed E-state index contributed by atoms with van der Waals surface area (Å²) >= 11 is 0. The number of rotatable bonds is 5. The van der Waals surface area contributed by atoms with Crippen LogP contribution in [0.5, 0.6) is 0 Å². The van der Waals surface area contributed by atoms with Crippen LogP contribution in [0.3, 0.4) is 0 Å². The molecule has 2 heterocycles. The summed E-state index contributed by atoms with van der Waals surface area (Å²) in [5.74, 6) is 0.893. The van der Waals surface area contributed by atoms with Crippen molar-refractivity contribution in [2.24, 2.45) is 11.8 Å². The number of likely N-dealkylation sites (tertiary alicyclic amines) is 2. The molecule has 2 aromatic carbocycles. The summed E-state index contributed by atoms with van der Waals surface area (Å²) in [6.07, 6.45) is 3.65. The van der Waals surface area contributed by atoms with Crippen molar-refractivity contribution in [3.05, 3.63) is 48.0 Å². The number of carbonyl (C=O) groups excluding carboxylic acids is 2. The molecule has 172 valence electrons. The minimum absolute atomic E-state index is 0.0324. The van der Waals surface area contributed by atoms with Gasteiger partial charge in [-0.1, -0.05) is 50.2 Å². The van der Waals surface area contributed by atoms with Crippen molar-refractivity contribution >= 4 is 22.6 Å². The molecule has 0 radical (unpaired) electrons. The Bertz CT molecular complexity index is 936. The van der Waals surface area contributed by atoms with Gasteiger partial charge in [0.15, 0.2) is 0 Å². The van der Waals surface area contributed by atoms with Crippen LogP contribution in [0.15, 0.2) is 42.5 Å². The van der Waals surface area contributed by atoms with E-state index in [4.69, 9.17) is 0 Å². The average Bonchev–Trinajstić information content (AvgIpc) is 2.82. The van der Waals surface area contributed by atoms with Gasteiger partial charge in [0.25, 0.3) is 5.91 Å². The van der Waals surface area contributed by atoms with E-state index in [0.29, 0.717) is 31.0 Å². The number of carbonyl (C=O) groups is 2. The fraction of sp³-hybridized carbons (Fsp3) is 0.556. The Labute approximate surface area is 192 Å². The van der Waals surface area contributed by atoms with Gasteiger partial charge in [-0.2, -0.15) is 0 Å². The molecular formula is C27H37N3O2. The third kappa shape index (κ3) is 4.98. The van der Waals surface area contributed by atoms with E-state index in [0.717, 1.165) is 61.7 Å². The highest BCUT2D eigenvalue weighted by Crippen LogP contribution is 2.27. The number of benzene rings is 2. The Morgan fingerprint density at radius 2 is 1.59 bits per heavy atom. The fourth-order valence-corrected chi connectivity index (χ4v) is 5.27. The van der Waals surface area contributed by atoms with Crippen LogP contribution in [-0.4, -0.2) is 72.3 Å². The first-order valence-corrected chi connectivity index (χ1v) is 12.2. The molecule has 0 N–H and O–H groups in total. The molecule has 0 saturated carbocycles. The van der Waals surface area contributed by atoms with Gasteiger partial charge in [-0.15, -0.1) is 0 Å². The number of nitrogens with zero attached hydrogens (tertiary/aromatic N) is 3. The third-order valence-electron chi connectivity index (χ3n) is 7.13. The van der Waals surface area contributed by atoms with E-state index in [9.17, 15) is 9.59 Å². The van der Waals surface area contributed by atoms with Crippen molar-refractivity contribution in [2.45, 2.75) is 45.6 Å². The van der Waals surface area contributed by atoms with Crippen molar-refractivity contribution in [1.82, 2.24) is 14.7 Å². The van der Waals surface area contributed by atoms with Gasteiger partial charge in [-0.05, 0) is 68.6 Å². The second kappa shape index (κ2) is 10.0. The first kappa shape index (κ1) is 22.8. The predicted octanol–water partition coefficient (Wildman–Crippen LogP) is 4.27. The van der Waals surface area contributed by atoms with E-state index in [-0.39, 0.29) is 11.8 Å². The summed E-state index contributed by atoms with van der Waals surface area (Å²) in [5, 5.41) is 2.09. The van der Waals surface area contributed by atoms with E-state index in [2.05, 4.69) is 30.7 Å². The van der Waals surface area contributed by atoms with Crippen LogP contribution in [0.25, 0.3) is 10.8 Å². The molecule has 0 aliphatic carbocycles. The van der Waals surface area contributed by atoms with Gasteiger partial charge in [-0.25, -0.2) is 0 Å². The summed E-state index contributed by atoms with van der Waals surface area (Å²) in [6, 6.07) is 14.3. The zero-order valence-corrected chi connectivity index (χ0v) is 19.8. The normalized spacial score (nSPS) is 18.9. The van der Waals surface area contributed by atoms with Crippen molar-refractivity contribution in [3.63, 3.8) is 0 Å². The molecule has 0 spiro atoms. The maximum absolute atomic E-state index is 13.5. The molecular weight excluding hydrogens is 398 g/mol. The summed E-state index contributed by atoms with van der Waals surface area (Å²) in [4.78, 5) is 33.3. The van der Waals surface area contributed by atoms with Gasteiger partial charge in [0, 0.05) is 37.2 Å². The fourth-order valence-electron chi connectivity index (χ4n) is 5.27. The van der Waals surface area contributed by atoms with E-state index in [1.54, 1.807) is 0 Å². The monoisotopic (exact) mass is 435 g/mol. The maximum Gasteiger partial charge on any atom is 0.254 e. The van der Waals surface area contributed by atoms with Crippen LogP contribution >= 0.6 is 0 Å². The minimum atomic E-state index is 0.0324. The van der Waals surface area contributed by atoms with Gasteiger partial charge in [-0.3, -0.25) is 9.59 Å². The molecule has 2 aliphatic rings. The number of amides is 2. The molecule has 0 aromatic heterocycles. The molecule has 0 unspecified atom stereocenters. The molecule has 32 heavy (non-hydrogen) atoms. The predicted molar refractivity (Wildman–Crippen MR) is 130 cm³/mol. The summed E-state index contributed by atoms with van der Waals surface area (Å²) in [5.41, 5.74) is 0.764. The standard InChI is InChI=1S/C27H37N3O2/c1-20(2)19-30(23-13-15-28(3)16-14-23)26(31)22-11-17-29(18-12-22)27(32)25-10-6-8-21-7-4-5-9-24(21)25/h4-10,20,22-23H,11-19H2,1-3H3. The largest absolute Gasteiger partial charge is 0.339 e. The number of hydrogen-bond donors (Lipinski definition) is 0. The molecule has 2 aromatic rings. The van der Waals surface area contributed by atoms with Gasteiger partial charge < -0.3 is 14.7 Å². The molecule has 2 saturated heterocycles. The molecule has 2 fully saturated rings. The van der Waals surface area contributed by atoms with Crippen molar-refractivity contribution in [1.29, 1.82) is 0 Å². The van der Waals surface area contributed by atoms with Gasteiger partial charge >= 0.3 is 0 Å². The average molecular weight is 436 g/mol. The maximum atomic E-state index is 13.5. The molecule has 0 bridgehead atoms. The number of hydrogen-bond acceptors (Lipinski definition) is 3. The van der Waals surface area contributed by atoms with Gasteiger partial charge in [0.1, 0.15) is 0 Å². The lowest BCUT2D eigenvalue weighted by Crippen LogP contribution is -2.51. The molecule has 5 nitrogen and oxygen atoms in total. The lowest BCUT2D eigenvalue weighted by atomic mass is 9.92. The topological polar surface area (TPSA) is 43.9 Å². The Morgan fingerprint density at radius 1 is 0.938 bits per heavy atom. The molecule has 2 amide bonds. The molecule has 2 aliphatic heterocycles. The highest BCUT2D eigenvalue weighted by Gasteiger charge is 2.34. The zero-order chi connectivity index (χ0) is 22.7. The first-order chi connectivity index (χ1) is 15.4. The molecule has 5 heteroatoms. The van der Waals surface area contributed by atoms with E-state index in [1.807, 2.05) is 47.4 Å². The van der Waals surface area contributed by atoms with Crippen LogP contribution in [0.4, 0.5) is 0 Å². The van der Waals surface area contributed by atoms with Gasteiger partial charge in [0.05, 0.1) is 0 Å². The lowest BCUT2D eigenvalue weighted by molar-refractivity contribution is -0.141. The lowest BCUT2D eigenvalue weighted by Gasteiger charge is -2.41. The zero-order valence-electron chi connectivity index (χ0n) is 19.8. The van der Waals surface area contributed by atoms with Crippen molar-refractivity contribution < 1.29 is 9.59 Å². The Balaban J connectivity index is 1.41. The smallest absolute Gasteiger partial charge is 0.254 e. The highest BCUT2D eigenvalue weighted by molar-refractivity contribution is 6.07. The first-order valence-electron chi connectivity index (χ1n) is 12.2. The Kier molecular flexibility index (Phi) is 7.14. The quantitative estimate of drug-likeness (QED) is 0.704. The summed E-state index contributed by atoms with van der Waals surface area (Å²) in [6.45, 7) is 8.65.